The fraction of sp³-hybridized carbons (Fsp3) is 0.111. The Morgan fingerprint density at radius 2 is 2.14 bits per heavy atom. The van der Waals surface area contributed by atoms with E-state index in [4.69, 9.17) is 11.6 Å². The van der Waals surface area contributed by atoms with Gasteiger partial charge < -0.3 is 5.11 Å². The van der Waals surface area contributed by atoms with Crippen molar-refractivity contribution in [3.63, 3.8) is 0 Å². The summed E-state index contributed by atoms with van der Waals surface area (Å²) >= 11 is 6.87. The maximum absolute atomic E-state index is 12.4. The van der Waals surface area contributed by atoms with Crippen LogP contribution in [0.4, 0.5) is 8.78 Å². The first-order chi connectivity index (χ1) is 6.61. The van der Waals surface area contributed by atoms with Crippen LogP contribution in [0.25, 0.3) is 10.1 Å². The molecule has 0 atom stereocenters. The molecular weight excluding hydrogens is 230 g/mol. The molecule has 0 aliphatic carbocycles. The molecule has 0 unspecified atom stereocenters. The summed E-state index contributed by atoms with van der Waals surface area (Å²) in [6.45, 7) is 0. The molecule has 0 radical (unpaired) electrons. The van der Waals surface area contributed by atoms with Crippen molar-refractivity contribution in [2.45, 2.75) is 6.43 Å². The molecule has 2 rings (SSSR count). The maximum Gasteiger partial charge on any atom is 0.265 e. The fourth-order valence-electron chi connectivity index (χ4n) is 1.25. The summed E-state index contributed by atoms with van der Waals surface area (Å²) in [6, 6.07) is 2.97. The number of phenols is 1. The van der Waals surface area contributed by atoms with Crippen LogP contribution in [0.1, 0.15) is 12.0 Å². The minimum absolute atomic E-state index is 0.255. The van der Waals surface area contributed by atoms with Crippen LogP contribution in [-0.4, -0.2) is 5.11 Å². The summed E-state index contributed by atoms with van der Waals surface area (Å²) in [6.07, 6.45) is -2.67. The minimum Gasteiger partial charge on any atom is -0.505 e. The average Bonchev–Trinajstić information content (AvgIpc) is 2.58. The summed E-state index contributed by atoms with van der Waals surface area (Å²) < 4.78 is 25.4. The lowest BCUT2D eigenvalue weighted by Gasteiger charge is -2.05. The van der Waals surface area contributed by atoms with E-state index in [2.05, 4.69) is 0 Å². The first kappa shape index (κ1) is 9.68. The second-order valence-electron chi connectivity index (χ2n) is 2.77. The van der Waals surface area contributed by atoms with Gasteiger partial charge in [-0.1, -0.05) is 11.6 Å². The second-order valence-corrected chi connectivity index (χ2v) is 4.06. The monoisotopic (exact) mass is 234 g/mol. The summed E-state index contributed by atoms with van der Waals surface area (Å²) in [5.41, 5.74) is -0.324. The third-order valence-corrected chi connectivity index (χ3v) is 3.25. The van der Waals surface area contributed by atoms with Crippen LogP contribution in [-0.2, 0) is 0 Å². The Hall–Kier alpha value is -0.870. The van der Waals surface area contributed by atoms with Gasteiger partial charge in [0.25, 0.3) is 6.43 Å². The number of halogens is 3. The van der Waals surface area contributed by atoms with Crippen LogP contribution < -0.4 is 0 Å². The highest BCUT2D eigenvalue weighted by Crippen LogP contribution is 2.41. The standard InChI is InChI=1S/C9H5ClF2OS/c10-6-5(9(11)12)3-4-1-2-14-8(4)7(6)13/h1-3,9,13H. The van der Waals surface area contributed by atoms with Crippen molar-refractivity contribution in [2.24, 2.45) is 0 Å². The van der Waals surface area contributed by atoms with E-state index in [1.165, 1.54) is 17.4 Å². The van der Waals surface area contributed by atoms with Crippen molar-refractivity contribution in [3.8, 4) is 5.75 Å². The first-order valence-corrected chi connectivity index (χ1v) is 5.03. The van der Waals surface area contributed by atoms with Gasteiger partial charge in [0.1, 0.15) is 0 Å². The summed E-state index contributed by atoms with van der Waals surface area (Å²) in [5, 5.41) is 11.6. The molecule has 1 aromatic carbocycles. The number of rotatable bonds is 1. The smallest absolute Gasteiger partial charge is 0.265 e. The average molecular weight is 235 g/mol. The largest absolute Gasteiger partial charge is 0.505 e. The zero-order chi connectivity index (χ0) is 10.3. The van der Waals surface area contributed by atoms with E-state index in [0.29, 0.717) is 10.1 Å². The van der Waals surface area contributed by atoms with Gasteiger partial charge in [-0.25, -0.2) is 8.78 Å². The molecule has 1 heterocycles. The second kappa shape index (κ2) is 3.37. The van der Waals surface area contributed by atoms with Gasteiger partial charge in [0.05, 0.1) is 9.72 Å². The number of alkyl halides is 2. The van der Waals surface area contributed by atoms with Gasteiger partial charge in [0.15, 0.2) is 5.75 Å². The Morgan fingerprint density at radius 1 is 1.43 bits per heavy atom. The van der Waals surface area contributed by atoms with Crippen molar-refractivity contribution < 1.29 is 13.9 Å². The third kappa shape index (κ3) is 1.35. The molecule has 5 heteroatoms. The first-order valence-electron chi connectivity index (χ1n) is 3.78. The molecule has 0 amide bonds. The van der Waals surface area contributed by atoms with Gasteiger partial charge in [-0.05, 0) is 22.9 Å². The van der Waals surface area contributed by atoms with E-state index >= 15 is 0 Å². The molecule has 0 fully saturated rings. The lowest BCUT2D eigenvalue weighted by Crippen LogP contribution is -1.86. The van der Waals surface area contributed by atoms with Crippen LogP contribution in [0.15, 0.2) is 17.5 Å². The van der Waals surface area contributed by atoms with Gasteiger partial charge in [-0.15, -0.1) is 11.3 Å². The topological polar surface area (TPSA) is 20.2 Å². The van der Waals surface area contributed by atoms with Gasteiger partial charge in [-0.2, -0.15) is 0 Å². The lowest BCUT2D eigenvalue weighted by atomic mass is 10.1. The Morgan fingerprint density at radius 3 is 2.79 bits per heavy atom. The molecule has 1 aromatic heterocycles. The molecule has 0 aliphatic rings. The SMILES string of the molecule is Oc1c(Cl)c(C(F)F)cc2ccsc12. The van der Waals surface area contributed by atoms with Crippen molar-refractivity contribution in [3.05, 3.63) is 28.1 Å². The summed E-state index contributed by atoms with van der Waals surface area (Å²) in [4.78, 5) is 0. The number of fused-ring (bicyclic) bond motifs is 1. The highest BCUT2D eigenvalue weighted by atomic mass is 35.5. The number of phenolic OH excluding ortho intramolecular Hbond substituents is 1. The van der Waals surface area contributed by atoms with Crippen LogP contribution in [0.5, 0.6) is 5.75 Å². The predicted octanol–water partition coefficient (Wildman–Crippen LogP) is 4.20. The molecule has 0 bridgehead atoms. The van der Waals surface area contributed by atoms with Crippen molar-refractivity contribution in [2.75, 3.05) is 0 Å². The maximum atomic E-state index is 12.4. The molecule has 1 nitrogen and oxygen atoms in total. The zero-order valence-corrected chi connectivity index (χ0v) is 8.37. The van der Waals surface area contributed by atoms with Gasteiger partial charge in [-0.3, -0.25) is 0 Å². The van der Waals surface area contributed by atoms with Gasteiger partial charge in [0.2, 0.25) is 0 Å². The third-order valence-electron chi connectivity index (χ3n) is 1.92. The molecule has 0 saturated carbocycles. The molecule has 0 spiro atoms. The van der Waals surface area contributed by atoms with Crippen molar-refractivity contribution >= 4 is 33.0 Å². The normalized spacial score (nSPS) is 11.4. The predicted molar refractivity (Wildman–Crippen MR) is 53.5 cm³/mol. The van der Waals surface area contributed by atoms with E-state index in [0.717, 1.165) is 0 Å². The molecule has 2 aromatic rings. The Labute approximate surface area is 87.5 Å². The van der Waals surface area contributed by atoms with E-state index < -0.39 is 6.43 Å². The van der Waals surface area contributed by atoms with Crippen molar-refractivity contribution in [1.82, 2.24) is 0 Å². The summed E-state index contributed by atoms with van der Waals surface area (Å²) in [7, 11) is 0. The van der Waals surface area contributed by atoms with Gasteiger partial charge >= 0.3 is 0 Å². The van der Waals surface area contributed by atoms with E-state index in [9.17, 15) is 13.9 Å². The lowest BCUT2D eigenvalue weighted by molar-refractivity contribution is 0.151. The molecule has 1 N–H and O–H groups in total. The number of thiophene rings is 1. The Balaban J connectivity index is 2.80. The Kier molecular flexibility index (Phi) is 2.33. The number of aromatic hydroxyl groups is 1. The zero-order valence-electron chi connectivity index (χ0n) is 6.80. The highest BCUT2D eigenvalue weighted by Gasteiger charge is 2.18. The number of benzene rings is 1. The van der Waals surface area contributed by atoms with Crippen LogP contribution >= 0.6 is 22.9 Å². The van der Waals surface area contributed by atoms with E-state index in [1.54, 1.807) is 11.4 Å². The molecule has 14 heavy (non-hydrogen) atoms. The molecular formula is C9H5ClF2OS. The van der Waals surface area contributed by atoms with Gasteiger partial charge in [0, 0.05) is 5.56 Å². The van der Waals surface area contributed by atoms with Crippen LogP contribution in [0, 0.1) is 0 Å². The highest BCUT2D eigenvalue weighted by molar-refractivity contribution is 7.17. The van der Waals surface area contributed by atoms with Crippen molar-refractivity contribution in [1.29, 1.82) is 0 Å². The van der Waals surface area contributed by atoms with Crippen LogP contribution in [0.3, 0.4) is 0 Å². The van der Waals surface area contributed by atoms with E-state index in [-0.39, 0.29) is 16.3 Å². The molecule has 0 saturated heterocycles. The Bertz CT molecular complexity index is 481. The number of hydrogen-bond acceptors (Lipinski definition) is 2. The molecule has 0 aliphatic heterocycles. The summed E-state index contributed by atoms with van der Waals surface area (Å²) in [5.74, 6) is -0.255. The number of hydrogen-bond donors (Lipinski definition) is 1. The van der Waals surface area contributed by atoms with E-state index in [1.807, 2.05) is 0 Å². The minimum atomic E-state index is -2.67. The fourth-order valence-corrected chi connectivity index (χ4v) is 2.37. The quantitative estimate of drug-likeness (QED) is 0.784. The van der Waals surface area contributed by atoms with Crippen LogP contribution in [0.2, 0.25) is 5.02 Å². The molecule has 74 valence electrons.